The number of hydrogen-bond donors (Lipinski definition) is 0. The highest BCUT2D eigenvalue weighted by Gasteiger charge is 2.09. The van der Waals surface area contributed by atoms with Crippen molar-refractivity contribution < 1.29 is 4.79 Å². The summed E-state index contributed by atoms with van der Waals surface area (Å²) >= 11 is 3.39. The summed E-state index contributed by atoms with van der Waals surface area (Å²) in [7, 11) is 0. The van der Waals surface area contributed by atoms with Gasteiger partial charge < -0.3 is 0 Å². The molecule has 17 heavy (non-hydrogen) atoms. The van der Waals surface area contributed by atoms with E-state index in [9.17, 15) is 4.79 Å². The van der Waals surface area contributed by atoms with Gasteiger partial charge >= 0.3 is 0 Å². The Kier molecular flexibility index (Phi) is 3.74. The van der Waals surface area contributed by atoms with Crippen LogP contribution in [0.5, 0.6) is 0 Å². The molecule has 2 rings (SSSR count). The molecule has 1 aromatic heterocycles. The highest BCUT2D eigenvalue weighted by atomic mass is 79.9. The zero-order valence-corrected chi connectivity index (χ0v) is 11.1. The van der Waals surface area contributed by atoms with Gasteiger partial charge in [0.25, 0.3) is 0 Å². The molecule has 0 aliphatic heterocycles. The summed E-state index contributed by atoms with van der Waals surface area (Å²) in [5, 5.41) is 4.44. The van der Waals surface area contributed by atoms with Crippen LogP contribution in [-0.4, -0.2) is 16.1 Å². The van der Waals surface area contributed by atoms with Crippen LogP contribution in [0.25, 0.3) is 11.3 Å². The van der Waals surface area contributed by atoms with E-state index >= 15 is 0 Å². The van der Waals surface area contributed by atoms with Crippen LogP contribution in [0.3, 0.4) is 0 Å². The molecule has 0 amide bonds. The van der Waals surface area contributed by atoms with Crippen LogP contribution in [0.15, 0.2) is 34.9 Å². The summed E-state index contributed by atoms with van der Waals surface area (Å²) in [4.78, 5) is 11.0. The van der Waals surface area contributed by atoms with Gasteiger partial charge in [0.05, 0.1) is 5.56 Å². The molecular formula is C13H13BrN2O. The molecule has 0 saturated heterocycles. The normalized spacial score (nSPS) is 10.5. The minimum Gasteiger partial charge on any atom is -0.298 e. The predicted molar refractivity (Wildman–Crippen MR) is 71.0 cm³/mol. The Hall–Kier alpha value is -1.42. The summed E-state index contributed by atoms with van der Waals surface area (Å²) < 4.78 is 2.84. The molecule has 0 fully saturated rings. The van der Waals surface area contributed by atoms with E-state index in [1.165, 1.54) is 0 Å². The third-order valence-corrected chi connectivity index (χ3v) is 3.02. The third-order valence-electron chi connectivity index (χ3n) is 2.49. The van der Waals surface area contributed by atoms with Crippen LogP contribution in [0, 0.1) is 0 Å². The molecule has 88 valence electrons. The Morgan fingerprint density at radius 1 is 1.35 bits per heavy atom. The summed E-state index contributed by atoms with van der Waals surface area (Å²) in [5.41, 5.74) is 2.35. The molecular weight excluding hydrogens is 280 g/mol. The number of aryl methyl sites for hydroxylation is 1. The van der Waals surface area contributed by atoms with E-state index in [4.69, 9.17) is 0 Å². The molecule has 0 radical (unpaired) electrons. The minimum atomic E-state index is 0.640. The monoisotopic (exact) mass is 292 g/mol. The maximum atomic E-state index is 11.0. The first-order valence-electron chi connectivity index (χ1n) is 5.53. The van der Waals surface area contributed by atoms with Crippen molar-refractivity contribution in [3.8, 4) is 11.3 Å². The maximum absolute atomic E-state index is 11.0. The van der Waals surface area contributed by atoms with Crippen molar-refractivity contribution in [1.29, 1.82) is 0 Å². The number of carbonyl (C=O) groups excluding carboxylic acids is 1. The van der Waals surface area contributed by atoms with Crippen molar-refractivity contribution in [2.24, 2.45) is 0 Å². The molecule has 1 aromatic carbocycles. The van der Waals surface area contributed by atoms with E-state index in [1.807, 2.05) is 28.9 Å². The molecule has 0 N–H and O–H groups in total. The lowest BCUT2D eigenvalue weighted by Crippen LogP contribution is -1.96. The smallest absolute Gasteiger partial charge is 0.153 e. The van der Waals surface area contributed by atoms with Crippen LogP contribution in [0.1, 0.15) is 23.7 Å². The molecule has 4 heteroatoms. The van der Waals surface area contributed by atoms with E-state index in [0.717, 1.165) is 35.0 Å². The highest BCUT2D eigenvalue weighted by molar-refractivity contribution is 9.10. The van der Waals surface area contributed by atoms with Crippen LogP contribution in [0.2, 0.25) is 0 Å². The zero-order valence-electron chi connectivity index (χ0n) is 9.56. The molecule has 0 atom stereocenters. The van der Waals surface area contributed by atoms with Crippen LogP contribution in [0.4, 0.5) is 0 Å². The van der Waals surface area contributed by atoms with Gasteiger partial charge in [-0.15, -0.1) is 0 Å². The Bertz CT molecular complexity index is 517. The van der Waals surface area contributed by atoms with Gasteiger partial charge in [0.15, 0.2) is 6.29 Å². The quantitative estimate of drug-likeness (QED) is 0.808. The Labute approximate surface area is 109 Å². The van der Waals surface area contributed by atoms with E-state index in [-0.39, 0.29) is 0 Å². The lowest BCUT2D eigenvalue weighted by atomic mass is 10.1. The standard InChI is InChI=1S/C13H13BrN2O/c1-2-7-16-8-11(9-17)13(15-16)10-3-5-12(14)6-4-10/h3-6,8-9H,2,7H2,1H3. The number of halogens is 1. The van der Waals surface area contributed by atoms with Crippen molar-refractivity contribution in [2.75, 3.05) is 0 Å². The second-order valence-corrected chi connectivity index (χ2v) is 4.74. The molecule has 0 spiro atoms. The number of nitrogens with zero attached hydrogens (tertiary/aromatic N) is 2. The number of hydrogen-bond acceptors (Lipinski definition) is 2. The maximum Gasteiger partial charge on any atom is 0.153 e. The first-order chi connectivity index (χ1) is 8.24. The predicted octanol–water partition coefficient (Wildman–Crippen LogP) is 3.54. The molecule has 1 heterocycles. The lowest BCUT2D eigenvalue weighted by molar-refractivity contribution is 0.112. The molecule has 0 bridgehead atoms. The Balaban J connectivity index is 2.42. The molecule has 0 aliphatic rings. The molecule has 2 aromatic rings. The van der Waals surface area contributed by atoms with Crippen LogP contribution >= 0.6 is 15.9 Å². The second kappa shape index (κ2) is 5.27. The molecule has 3 nitrogen and oxygen atoms in total. The largest absolute Gasteiger partial charge is 0.298 e. The zero-order chi connectivity index (χ0) is 12.3. The summed E-state index contributed by atoms with van der Waals surface area (Å²) in [6.45, 7) is 2.92. The van der Waals surface area contributed by atoms with Crippen molar-refractivity contribution in [1.82, 2.24) is 9.78 Å². The first kappa shape index (κ1) is 12.0. The fourth-order valence-electron chi connectivity index (χ4n) is 1.70. The minimum absolute atomic E-state index is 0.640. The van der Waals surface area contributed by atoms with E-state index in [0.29, 0.717) is 5.56 Å². The van der Waals surface area contributed by atoms with Crippen LogP contribution < -0.4 is 0 Å². The topological polar surface area (TPSA) is 34.9 Å². The Morgan fingerprint density at radius 3 is 2.65 bits per heavy atom. The molecule has 0 saturated carbocycles. The third kappa shape index (κ3) is 2.64. The second-order valence-electron chi connectivity index (χ2n) is 3.82. The number of rotatable bonds is 4. The number of benzene rings is 1. The van der Waals surface area contributed by atoms with Crippen molar-refractivity contribution in [2.45, 2.75) is 19.9 Å². The van der Waals surface area contributed by atoms with Gasteiger partial charge in [0.2, 0.25) is 0 Å². The number of aldehydes is 1. The molecule has 0 aliphatic carbocycles. The van der Waals surface area contributed by atoms with Gasteiger partial charge in [-0.1, -0.05) is 35.0 Å². The summed E-state index contributed by atoms with van der Waals surface area (Å²) in [6.07, 6.45) is 3.66. The summed E-state index contributed by atoms with van der Waals surface area (Å²) in [5.74, 6) is 0. The average molecular weight is 293 g/mol. The van der Waals surface area contributed by atoms with Gasteiger partial charge in [0, 0.05) is 22.8 Å². The number of carbonyl (C=O) groups is 1. The fourth-order valence-corrected chi connectivity index (χ4v) is 1.96. The fraction of sp³-hybridized carbons (Fsp3) is 0.231. The average Bonchev–Trinajstić information content (AvgIpc) is 2.74. The van der Waals surface area contributed by atoms with Crippen molar-refractivity contribution in [3.05, 3.63) is 40.5 Å². The van der Waals surface area contributed by atoms with Crippen molar-refractivity contribution >= 4 is 22.2 Å². The van der Waals surface area contributed by atoms with Gasteiger partial charge in [-0.2, -0.15) is 5.10 Å². The van der Waals surface area contributed by atoms with Crippen LogP contribution in [-0.2, 0) is 6.54 Å². The van der Waals surface area contributed by atoms with Gasteiger partial charge in [-0.05, 0) is 18.6 Å². The van der Waals surface area contributed by atoms with E-state index < -0.39 is 0 Å². The first-order valence-corrected chi connectivity index (χ1v) is 6.32. The Morgan fingerprint density at radius 2 is 2.06 bits per heavy atom. The number of aromatic nitrogens is 2. The molecule has 0 unspecified atom stereocenters. The van der Waals surface area contributed by atoms with E-state index in [2.05, 4.69) is 28.0 Å². The summed E-state index contributed by atoms with van der Waals surface area (Å²) in [6, 6.07) is 7.80. The lowest BCUT2D eigenvalue weighted by Gasteiger charge is -1.98. The van der Waals surface area contributed by atoms with E-state index in [1.54, 1.807) is 6.20 Å². The van der Waals surface area contributed by atoms with Gasteiger partial charge in [-0.25, -0.2) is 0 Å². The van der Waals surface area contributed by atoms with Gasteiger partial charge in [-0.3, -0.25) is 9.48 Å². The SMILES string of the molecule is CCCn1cc(C=O)c(-c2ccc(Br)cc2)n1. The van der Waals surface area contributed by atoms with Gasteiger partial charge in [0.1, 0.15) is 5.69 Å². The highest BCUT2D eigenvalue weighted by Crippen LogP contribution is 2.23. The van der Waals surface area contributed by atoms with Crippen molar-refractivity contribution in [3.63, 3.8) is 0 Å².